The van der Waals surface area contributed by atoms with Crippen LogP contribution >= 0.6 is 0 Å². The van der Waals surface area contributed by atoms with E-state index in [0.29, 0.717) is 19.6 Å². The molecule has 0 bridgehead atoms. The fourth-order valence-electron chi connectivity index (χ4n) is 1.10. The van der Waals surface area contributed by atoms with Crippen molar-refractivity contribution in [3.63, 3.8) is 0 Å². The third-order valence-corrected chi connectivity index (χ3v) is 1.88. The van der Waals surface area contributed by atoms with Crippen LogP contribution in [0.15, 0.2) is 24.3 Å². The number of hydrogen-bond donors (Lipinski definition) is 1. The second-order valence-electron chi connectivity index (χ2n) is 2.95. The van der Waals surface area contributed by atoms with E-state index < -0.39 is 0 Å². The second kappa shape index (κ2) is 6.70. The molecule has 0 unspecified atom stereocenters. The van der Waals surface area contributed by atoms with Gasteiger partial charge in [-0.25, -0.2) is 0 Å². The van der Waals surface area contributed by atoms with Crippen LogP contribution in [-0.2, 0) is 4.79 Å². The van der Waals surface area contributed by atoms with E-state index in [1.807, 2.05) is 24.3 Å². The van der Waals surface area contributed by atoms with Gasteiger partial charge >= 0.3 is 0 Å². The van der Waals surface area contributed by atoms with Crippen LogP contribution in [0.1, 0.15) is 6.42 Å². The van der Waals surface area contributed by atoms with E-state index in [-0.39, 0.29) is 0 Å². The molecular weight excluding hydrogens is 194 g/mol. The monoisotopic (exact) mass is 209 g/mol. The maximum atomic E-state index is 9.94. The molecule has 0 spiro atoms. The normalized spacial score (nSPS) is 9.40. The van der Waals surface area contributed by atoms with Crippen molar-refractivity contribution in [1.82, 2.24) is 5.32 Å². The Bertz CT molecular complexity index is 284. The number of nitrogens with one attached hydrogen (secondary N) is 1. The standard InChI is InChI=1S/C11H15NO3/c1-14-10-3-5-11(6-4-10)15-8-2-7-12-9-13/h3-6,9H,2,7-8H2,1H3,(H,12,13). The van der Waals surface area contributed by atoms with Gasteiger partial charge in [0.05, 0.1) is 13.7 Å². The molecule has 0 atom stereocenters. The molecule has 0 heterocycles. The van der Waals surface area contributed by atoms with E-state index in [1.54, 1.807) is 7.11 Å². The van der Waals surface area contributed by atoms with Crippen molar-refractivity contribution in [3.8, 4) is 11.5 Å². The fourth-order valence-corrected chi connectivity index (χ4v) is 1.10. The minimum absolute atomic E-state index is 0.590. The SMILES string of the molecule is COc1ccc(OCCCNC=O)cc1. The first-order valence-electron chi connectivity index (χ1n) is 4.80. The molecule has 82 valence electrons. The number of carbonyl (C=O) groups is 1. The topological polar surface area (TPSA) is 47.6 Å². The number of carbonyl (C=O) groups excluding carboxylic acids is 1. The second-order valence-corrected chi connectivity index (χ2v) is 2.95. The molecule has 0 aliphatic rings. The highest BCUT2D eigenvalue weighted by Gasteiger charge is 1.94. The highest BCUT2D eigenvalue weighted by atomic mass is 16.5. The zero-order valence-electron chi connectivity index (χ0n) is 8.73. The molecule has 0 aliphatic carbocycles. The Hall–Kier alpha value is -1.71. The van der Waals surface area contributed by atoms with E-state index in [4.69, 9.17) is 9.47 Å². The van der Waals surface area contributed by atoms with E-state index >= 15 is 0 Å². The van der Waals surface area contributed by atoms with E-state index in [9.17, 15) is 4.79 Å². The largest absolute Gasteiger partial charge is 0.497 e. The first kappa shape index (κ1) is 11.4. The lowest BCUT2D eigenvalue weighted by Crippen LogP contribution is -2.14. The van der Waals surface area contributed by atoms with Crippen molar-refractivity contribution < 1.29 is 14.3 Å². The maximum Gasteiger partial charge on any atom is 0.207 e. The van der Waals surface area contributed by atoms with Crippen molar-refractivity contribution in [2.45, 2.75) is 6.42 Å². The van der Waals surface area contributed by atoms with E-state index in [2.05, 4.69) is 5.32 Å². The molecule has 0 aromatic heterocycles. The van der Waals surface area contributed by atoms with Gasteiger partial charge in [-0.1, -0.05) is 0 Å². The van der Waals surface area contributed by atoms with Crippen molar-refractivity contribution in [2.75, 3.05) is 20.3 Å². The van der Waals surface area contributed by atoms with Gasteiger partial charge in [0.25, 0.3) is 0 Å². The summed E-state index contributed by atoms with van der Waals surface area (Å²) in [4.78, 5) is 9.94. The quantitative estimate of drug-likeness (QED) is 0.542. The highest BCUT2D eigenvalue weighted by Crippen LogP contribution is 2.16. The summed E-state index contributed by atoms with van der Waals surface area (Å²) in [6, 6.07) is 7.40. The van der Waals surface area contributed by atoms with Gasteiger partial charge in [0.15, 0.2) is 0 Å². The molecule has 1 rings (SSSR count). The van der Waals surface area contributed by atoms with Crippen molar-refractivity contribution >= 4 is 6.41 Å². The molecule has 0 fully saturated rings. The number of benzene rings is 1. The van der Waals surface area contributed by atoms with Gasteiger partial charge in [-0.2, -0.15) is 0 Å². The summed E-state index contributed by atoms with van der Waals surface area (Å²) in [5.41, 5.74) is 0. The minimum atomic E-state index is 0.590. The molecular formula is C11H15NO3. The minimum Gasteiger partial charge on any atom is -0.497 e. The summed E-state index contributed by atoms with van der Waals surface area (Å²) in [5, 5.41) is 2.57. The Morgan fingerprint density at radius 3 is 2.53 bits per heavy atom. The summed E-state index contributed by atoms with van der Waals surface area (Å²) in [7, 11) is 1.63. The molecule has 0 aliphatic heterocycles. The zero-order chi connectivity index (χ0) is 10.9. The van der Waals surface area contributed by atoms with Gasteiger partial charge in [0.1, 0.15) is 11.5 Å². The van der Waals surface area contributed by atoms with Crippen LogP contribution in [0.2, 0.25) is 0 Å². The van der Waals surface area contributed by atoms with Gasteiger partial charge in [0, 0.05) is 6.54 Å². The molecule has 4 nitrogen and oxygen atoms in total. The summed E-state index contributed by atoms with van der Waals surface area (Å²) < 4.78 is 10.5. The lowest BCUT2D eigenvalue weighted by atomic mass is 10.3. The molecule has 0 radical (unpaired) electrons. The molecule has 1 aromatic rings. The van der Waals surface area contributed by atoms with Gasteiger partial charge in [-0.15, -0.1) is 0 Å². The number of amides is 1. The van der Waals surface area contributed by atoms with E-state index in [1.165, 1.54) is 0 Å². The Balaban J connectivity index is 2.22. The third-order valence-electron chi connectivity index (χ3n) is 1.88. The van der Waals surface area contributed by atoms with Gasteiger partial charge in [-0.3, -0.25) is 4.79 Å². The van der Waals surface area contributed by atoms with Crippen LogP contribution in [0.3, 0.4) is 0 Å². The predicted molar refractivity (Wildman–Crippen MR) is 57.2 cm³/mol. The summed E-state index contributed by atoms with van der Waals surface area (Å²) >= 11 is 0. The average molecular weight is 209 g/mol. The maximum absolute atomic E-state index is 9.94. The van der Waals surface area contributed by atoms with Crippen LogP contribution in [0.4, 0.5) is 0 Å². The van der Waals surface area contributed by atoms with Crippen LogP contribution in [0.5, 0.6) is 11.5 Å². The molecule has 1 N–H and O–H groups in total. The fraction of sp³-hybridized carbons (Fsp3) is 0.364. The first-order valence-corrected chi connectivity index (χ1v) is 4.80. The Morgan fingerprint density at radius 1 is 1.27 bits per heavy atom. The Kier molecular flexibility index (Phi) is 5.08. The summed E-state index contributed by atoms with van der Waals surface area (Å²) in [6.45, 7) is 1.23. The lowest BCUT2D eigenvalue weighted by molar-refractivity contribution is -0.109. The number of rotatable bonds is 7. The molecule has 4 heteroatoms. The molecule has 1 aromatic carbocycles. The van der Waals surface area contributed by atoms with E-state index in [0.717, 1.165) is 17.9 Å². The van der Waals surface area contributed by atoms with Crippen molar-refractivity contribution in [3.05, 3.63) is 24.3 Å². The first-order chi connectivity index (χ1) is 7.36. The summed E-state index contributed by atoms with van der Waals surface area (Å²) in [6.07, 6.45) is 1.48. The highest BCUT2D eigenvalue weighted by molar-refractivity contribution is 5.45. The number of hydrogen-bond acceptors (Lipinski definition) is 3. The lowest BCUT2D eigenvalue weighted by Gasteiger charge is -2.06. The number of methoxy groups -OCH3 is 1. The van der Waals surface area contributed by atoms with Crippen molar-refractivity contribution in [2.24, 2.45) is 0 Å². The third kappa shape index (κ3) is 4.35. The Morgan fingerprint density at radius 2 is 1.93 bits per heavy atom. The smallest absolute Gasteiger partial charge is 0.207 e. The van der Waals surface area contributed by atoms with Crippen LogP contribution in [0, 0.1) is 0 Å². The molecule has 1 amide bonds. The van der Waals surface area contributed by atoms with Crippen LogP contribution in [-0.4, -0.2) is 26.7 Å². The van der Waals surface area contributed by atoms with Gasteiger partial charge in [-0.05, 0) is 30.7 Å². The van der Waals surface area contributed by atoms with Gasteiger partial charge in [0.2, 0.25) is 6.41 Å². The predicted octanol–water partition coefficient (Wildman–Crippen LogP) is 1.21. The molecule has 0 saturated carbocycles. The molecule has 0 saturated heterocycles. The summed E-state index contributed by atoms with van der Waals surface area (Å²) in [5.74, 6) is 1.62. The number of ether oxygens (including phenoxy) is 2. The van der Waals surface area contributed by atoms with Crippen LogP contribution in [0.25, 0.3) is 0 Å². The zero-order valence-corrected chi connectivity index (χ0v) is 8.73. The van der Waals surface area contributed by atoms with Crippen LogP contribution < -0.4 is 14.8 Å². The van der Waals surface area contributed by atoms with Crippen molar-refractivity contribution in [1.29, 1.82) is 0 Å². The molecule has 15 heavy (non-hydrogen) atoms. The average Bonchev–Trinajstić information content (AvgIpc) is 2.30. The Labute approximate surface area is 89.2 Å². The van der Waals surface area contributed by atoms with Gasteiger partial charge < -0.3 is 14.8 Å².